The van der Waals surface area contributed by atoms with Crippen LogP contribution in [-0.2, 0) is 0 Å². The van der Waals surface area contributed by atoms with E-state index in [2.05, 4.69) is 15.2 Å². The van der Waals surface area contributed by atoms with Gasteiger partial charge in [0, 0.05) is 13.1 Å². The molecule has 0 aliphatic heterocycles. The van der Waals surface area contributed by atoms with Crippen molar-refractivity contribution in [2.24, 2.45) is 10.2 Å². The second-order valence-electron chi connectivity index (χ2n) is 1.90. The highest BCUT2D eigenvalue weighted by Crippen LogP contribution is 1.97. The number of hydrogen-bond acceptors (Lipinski definition) is 4. The van der Waals surface area contributed by atoms with Gasteiger partial charge in [-0.3, -0.25) is 0 Å². The fourth-order valence-electron chi connectivity index (χ4n) is 0.594. The van der Waals surface area contributed by atoms with Crippen molar-refractivity contribution in [2.45, 2.75) is 27.7 Å². The third kappa shape index (κ3) is 4.90. The van der Waals surface area contributed by atoms with E-state index in [-0.39, 0.29) is 0 Å². The largest absolute Gasteiger partial charge is 0.440 e. The van der Waals surface area contributed by atoms with E-state index in [0.29, 0.717) is 11.7 Å². The molecule has 0 aliphatic carbocycles. The lowest BCUT2D eigenvalue weighted by molar-refractivity contribution is 0.515. The molecule has 0 amide bonds. The van der Waals surface area contributed by atoms with Crippen LogP contribution in [0.1, 0.15) is 32.4 Å². The molecular formula is C9H15N3O. The fourth-order valence-corrected chi connectivity index (χ4v) is 0.594. The molecule has 13 heavy (non-hydrogen) atoms. The summed E-state index contributed by atoms with van der Waals surface area (Å²) in [6, 6.07) is 0. The van der Waals surface area contributed by atoms with E-state index in [1.165, 1.54) is 6.21 Å². The maximum absolute atomic E-state index is 5.10. The second-order valence-corrected chi connectivity index (χ2v) is 1.90. The molecule has 0 radical (unpaired) electrons. The summed E-state index contributed by atoms with van der Waals surface area (Å²) >= 11 is 0. The number of rotatable bonds is 2. The van der Waals surface area contributed by atoms with Crippen LogP contribution in [0.15, 0.2) is 20.8 Å². The third-order valence-corrected chi connectivity index (χ3v) is 1.01. The highest BCUT2D eigenvalue weighted by molar-refractivity contribution is 5.75. The molecule has 0 fully saturated rings. The lowest BCUT2D eigenvalue weighted by Gasteiger charge is -1.78. The Morgan fingerprint density at radius 3 is 2.54 bits per heavy atom. The Morgan fingerprint density at radius 1 is 1.38 bits per heavy atom. The van der Waals surface area contributed by atoms with Crippen molar-refractivity contribution in [1.82, 2.24) is 4.98 Å². The first kappa shape index (κ1) is 11.6. The highest BCUT2D eigenvalue weighted by Gasteiger charge is 1.93. The standard InChI is InChI=1S/C7H9N3O.C2H6/c1-3-9-10-5-7-4-8-6(2)11-7;1-2/h3-5H,1-2H3;1-2H3/b9-3-,10-5-;. The monoisotopic (exact) mass is 181 g/mol. The molecule has 72 valence electrons. The summed E-state index contributed by atoms with van der Waals surface area (Å²) in [5, 5.41) is 7.32. The Hall–Kier alpha value is -1.45. The van der Waals surface area contributed by atoms with E-state index in [0.717, 1.165) is 0 Å². The maximum atomic E-state index is 5.10. The van der Waals surface area contributed by atoms with Gasteiger partial charge in [-0.05, 0) is 6.92 Å². The SMILES string of the molecule is C/C=N\N=C/c1cnc(C)o1.CC. The van der Waals surface area contributed by atoms with Gasteiger partial charge in [-0.15, -0.1) is 0 Å². The van der Waals surface area contributed by atoms with Gasteiger partial charge in [0.2, 0.25) is 0 Å². The molecule has 0 spiro atoms. The Bertz CT molecular complexity index is 276. The number of nitrogens with zero attached hydrogens (tertiary/aromatic N) is 3. The van der Waals surface area contributed by atoms with Crippen molar-refractivity contribution in [3.8, 4) is 0 Å². The van der Waals surface area contributed by atoms with Gasteiger partial charge in [-0.2, -0.15) is 10.2 Å². The molecule has 1 heterocycles. The Balaban J connectivity index is 0.000000671. The summed E-state index contributed by atoms with van der Waals surface area (Å²) in [4.78, 5) is 3.89. The summed E-state index contributed by atoms with van der Waals surface area (Å²) < 4.78 is 5.10. The Kier molecular flexibility index (Phi) is 6.41. The zero-order chi connectivity index (χ0) is 10.1. The summed E-state index contributed by atoms with van der Waals surface area (Å²) in [5.41, 5.74) is 0. The van der Waals surface area contributed by atoms with Gasteiger partial charge in [-0.1, -0.05) is 13.8 Å². The zero-order valence-corrected chi connectivity index (χ0v) is 8.48. The first-order valence-electron chi connectivity index (χ1n) is 4.26. The van der Waals surface area contributed by atoms with Gasteiger partial charge < -0.3 is 4.42 Å². The van der Waals surface area contributed by atoms with Crippen LogP contribution in [0.5, 0.6) is 0 Å². The third-order valence-electron chi connectivity index (χ3n) is 1.01. The maximum Gasteiger partial charge on any atom is 0.191 e. The number of hydrogen-bond donors (Lipinski definition) is 0. The van der Waals surface area contributed by atoms with Crippen LogP contribution in [0.2, 0.25) is 0 Å². The highest BCUT2D eigenvalue weighted by atomic mass is 16.3. The lowest BCUT2D eigenvalue weighted by atomic mass is 10.6. The Morgan fingerprint density at radius 2 is 2.08 bits per heavy atom. The number of aromatic nitrogens is 1. The summed E-state index contributed by atoms with van der Waals surface area (Å²) in [6.45, 7) is 7.57. The van der Waals surface area contributed by atoms with Gasteiger partial charge in [0.25, 0.3) is 0 Å². The first-order valence-corrected chi connectivity index (χ1v) is 4.26. The molecule has 0 aromatic carbocycles. The molecule has 4 heteroatoms. The van der Waals surface area contributed by atoms with Crippen LogP contribution in [-0.4, -0.2) is 17.4 Å². The van der Waals surface area contributed by atoms with Crippen molar-refractivity contribution < 1.29 is 4.42 Å². The smallest absolute Gasteiger partial charge is 0.191 e. The van der Waals surface area contributed by atoms with Gasteiger partial charge in [-0.25, -0.2) is 4.98 Å². The van der Waals surface area contributed by atoms with E-state index < -0.39 is 0 Å². The molecule has 0 aliphatic rings. The first-order chi connectivity index (χ1) is 6.33. The average Bonchev–Trinajstić information content (AvgIpc) is 2.56. The molecule has 0 atom stereocenters. The van der Waals surface area contributed by atoms with E-state index in [4.69, 9.17) is 4.42 Å². The molecular weight excluding hydrogens is 166 g/mol. The van der Waals surface area contributed by atoms with Crippen LogP contribution >= 0.6 is 0 Å². The predicted octanol–water partition coefficient (Wildman–Crippen LogP) is 2.43. The second kappa shape index (κ2) is 7.21. The van der Waals surface area contributed by atoms with Crippen LogP contribution in [0, 0.1) is 6.92 Å². The minimum atomic E-state index is 0.619. The number of oxazole rings is 1. The van der Waals surface area contributed by atoms with E-state index in [9.17, 15) is 0 Å². The molecule has 0 bridgehead atoms. The molecule has 0 saturated carbocycles. The van der Waals surface area contributed by atoms with Crippen molar-refractivity contribution in [3.63, 3.8) is 0 Å². The topological polar surface area (TPSA) is 50.8 Å². The molecule has 1 rings (SSSR count). The molecule has 1 aromatic heterocycles. The number of aryl methyl sites for hydroxylation is 1. The van der Waals surface area contributed by atoms with Crippen LogP contribution in [0.4, 0.5) is 0 Å². The quantitative estimate of drug-likeness (QED) is 0.519. The van der Waals surface area contributed by atoms with E-state index >= 15 is 0 Å². The van der Waals surface area contributed by atoms with Crippen LogP contribution in [0.25, 0.3) is 0 Å². The van der Waals surface area contributed by atoms with Crippen LogP contribution in [0.3, 0.4) is 0 Å². The van der Waals surface area contributed by atoms with E-state index in [1.807, 2.05) is 13.8 Å². The van der Waals surface area contributed by atoms with Crippen molar-refractivity contribution in [2.75, 3.05) is 0 Å². The minimum absolute atomic E-state index is 0.619. The zero-order valence-electron chi connectivity index (χ0n) is 8.48. The summed E-state index contributed by atoms with van der Waals surface area (Å²) in [6.07, 6.45) is 4.71. The fraction of sp³-hybridized carbons (Fsp3) is 0.444. The van der Waals surface area contributed by atoms with Gasteiger partial charge in [0.05, 0.1) is 12.4 Å². The molecule has 0 saturated heterocycles. The van der Waals surface area contributed by atoms with Crippen molar-refractivity contribution in [1.29, 1.82) is 0 Å². The van der Waals surface area contributed by atoms with Gasteiger partial charge in [0.1, 0.15) is 0 Å². The summed E-state index contributed by atoms with van der Waals surface area (Å²) in [7, 11) is 0. The minimum Gasteiger partial charge on any atom is -0.440 e. The molecule has 0 N–H and O–H groups in total. The lowest BCUT2D eigenvalue weighted by Crippen LogP contribution is -1.71. The molecule has 1 aromatic rings. The van der Waals surface area contributed by atoms with Crippen molar-refractivity contribution >= 4 is 12.4 Å². The normalized spacial score (nSPS) is 10.5. The average molecular weight is 181 g/mol. The van der Waals surface area contributed by atoms with Gasteiger partial charge >= 0.3 is 0 Å². The molecule has 0 unspecified atom stereocenters. The van der Waals surface area contributed by atoms with Crippen molar-refractivity contribution in [3.05, 3.63) is 17.8 Å². The van der Waals surface area contributed by atoms with Gasteiger partial charge in [0.15, 0.2) is 11.7 Å². The van der Waals surface area contributed by atoms with Crippen LogP contribution < -0.4 is 0 Å². The predicted molar refractivity (Wildman–Crippen MR) is 54.3 cm³/mol. The van der Waals surface area contributed by atoms with E-state index in [1.54, 1.807) is 26.3 Å². The Labute approximate surface area is 78.4 Å². The summed E-state index contributed by atoms with van der Waals surface area (Å²) in [5.74, 6) is 1.25. The molecule has 4 nitrogen and oxygen atoms in total.